The highest BCUT2D eigenvalue weighted by molar-refractivity contribution is 7.09. The first kappa shape index (κ1) is 15.0. The van der Waals surface area contributed by atoms with Crippen LogP contribution in [0.2, 0.25) is 0 Å². The van der Waals surface area contributed by atoms with Crippen LogP contribution in [-0.4, -0.2) is 4.98 Å². The van der Waals surface area contributed by atoms with Crippen LogP contribution in [0.3, 0.4) is 0 Å². The number of hydrogen-bond acceptors (Lipinski definition) is 2. The van der Waals surface area contributed by atoms with Crippen molar-refractivity contribution in [1.82, 2.24) is 4.98 Å². The predicted octanol–water partition coefficient (Wildman–Crippen LogP) is 5.76. The van der Waals surface area contributed by atoms with Crippen LogP contribution in [0.5, 0.6) is 0 Å². The molecule has 0 atom stereocenters. The van der Waals surface area contributed by atoms with E-state index in [1.165, 1.54) is 36.4 Å². The SMILES string of the molecule is CC(C)(C)c1csc(C2CCC(C(C)(C)C)CC2)n1. The zero-order chi connectivity index (χ0) is 14.3. The van der Waals surface area contributed by atoms with Crippen molar-refractivity contribution in [3.8, 4) is 0 Å². The summed E-state index contributed by atoms with van der Waals surface area (Å²) in [5.41, 5.74) is 1.94. The van der Waals surface area contributed by atoms with Gasteiger partial charge in [0.1, 0.15) is 0 Å². The van der Waals surface area contributed by atoms with Gasteiger partial charge in [-0.05, 0) is 37.0 Å². The van der Waals surface area contributed by atoms with E-state index in [1.54, 1.807) is 0 Å². The fraction of sp³-hybridized carbons (Fsp3) is 0.824. The first-order valence-corrected chi connectivity index (χ1v) is 8.52. The lowest BCUT2D eigenvalue weighted by atomic mass is 9.70. The van der Waals surface area contributed by atoms with Gasteiger partial charge in [-0.3, -0.25) is 0 Å². The van der Waals surface area contributed by atoms with E-state index in [2.05, 4.69) is 46.9 Å². The molecule has 2 heteroatoms. The summed E-state index contributed by atoms with van der Waals surface area (Å²) in [6, 6.07) is 0. The van der Waals surface area contributed by atoms with Crippen LogP contribution >= 0.6 is 11.3 Å². The van der Waals surface area contributed by atoms with E-state index < -0.39 is 0 Å². The summed E-state index contributed by atoms with van der Waals surface area (Å²) in [6.45, 7) is 13.9. The second-order valence-electron chi connectivity index (χ2n) is 8.24. The van der Waals surface area contributed by atoms with E-state index in [1.807, 2.05) is 11.3 Å². The number of nitrogens with zero attached hydrogens (tertiary/aromatic N) is 1. The Kier molecular flexibility index (Phi) is 4.11. The summed E-state index contributed by atoms with van der Waals surface area (Å²) in [4.78, 5) is 4.91. The summed E-state index contributed by atoms with van der Waals surface area (Å²) < 4.78 is 0. The Morgan fingerprint density at radius 1 is 1.00 bits per heavy atom. The fourth-order valence-electron chi connectivity index (χ4n) is 3.03. The summed E-state index contributed by atoms with van der Waals surface area (Å²) in [6.07, 6.45) is 5.41. The molecule has 0 bridgehead atoms. The fourth-order valence-corrected chi connectivity index (χ4v) is 4.24. The minimum atomic E-state index is 0.192. The molecule has 108 valence electrons. The van der Waals surface area contributed by atoms with E-state index in [9.17, 15) is 0 Å². The van der Waals surface area contributed by atoms with Crippen LogP contribution in [-0.2, 0) is 5.41 Å². The maximum Gasteiger partial charge on any atom is 0.0959 e. The summed E-state index contributed by atoms with van der Waals surface area (Å²) in [5, 5.41) is 3.66. The summed E-state index contributed by atoms with van der Waals surface area (Å²) in [5.74, 6) is 1.62. The molecule has 1 nitrogen and oxygen atoms in total. The monoisotopic (exact) mass is 279 g/mol. The molecule has 0 radical (unpaired) electrons. The van der Waals surface area contributed by atoms with Gasteiger partial charge in [-0.25, -0.2) is 4.98 Å². The quantitative estimate of drug-likeness (QED) is 0.637. The molecule has 1 saturated carbocycles. The van der Waals surface area contributed by atoms with Crippen molar-refractivity contribution in [3.63, 3.8) is 0 Å². The van der Waals surface area contributed by atoms with Crippen molar-refractivity contribution in [2.75, 3.05) is 0 Å². The topological polar surface area (TPSA) is 12.9 Å². The van der Waals surface area contributed by atoms with E-state index >= 15 is 0 Å². The van der Waals surface area contributed by atoms with Crippen molar-refractivity contribution in [2.45, 2.75) is 78.6 Å². The molecular weight excluding hydrogens is 250 g/mol. The van der Waals surface area contributed by atoms with Crippen molar-refractivity contribution in [2.24, 2.45) is 11.3 Å². The van der Waals surface area contributed by atoms with Gasteiger partial charge in [0.25, 0.3) is 0 Å². The minimum absolute atomic E-state index is 0.192. The van der Waals surface area contributed by atoms with Gasteiger partial charge in [-0.15, -0.1) is 11.3 Å². The molecule has 1 aromatic heterocycles. The third kappa shape index (κ3) is 3.59. The first-order valence-electron chi connectivity index (χ1n) is 7.64. The third-order valence-electron chi connectivity index (χ3n) is 4.59. The van der Waals surface area contributed by atoms with Crippen LogP contribution in [0.1, 0.15) is 83.8 Å². The average Bonchev–Trinajstić information content (AvgIpc) is 2.77. The predicted molar refractivity (Wildman–Crippen MR) is 85.0 cm³/mol. The lowest BCUT2D eigenvalue weighted by molar-refractivity contribution is 0.169. The molecule has 19 heavy (non-hydrogen) atoms. The molecule has 0 unspecified atom stereocenters. The largest absolute Gasteiger partial charge is 0.245 e. The maximum absolute atomic E-state index is 4.91. The van der Waals surface area contributed by atoms with Gasteiger partial charge in [-0.1, -0.05) is 41.5 Å². The van der Waals surface area contributed by atoms with E-state index in [0.29, 0.717) is 5.41 Å². The van der Waals surface area contributed by atoms with Crippen LogP contribution in [0.15, 0.2) is 5.38 Å². The average molecular weight is 279 g/mol. The Morgan fingerprint density at radius 3 is 2.00 bits per heavy atom. The molecular formula is C17H29NS. The molecule has 0 N–H and O–H groups in total. The van der Waals surface area contributed by atoms with Gasteiger partial charge in [0.15, 0.2) is 0 Å². The highest BCUT2D eigenvalue weighted by Crippen LogP contribution is 2.44. The van der Waals surface area contributed by atoms with Gasteiger partial charge in [-0.2, -0.15) is 0 Å². The number of thiazole rings is 1. The molecule has 0 aromatic carbocycles. The highest BCUT2D eigenvalue weighted by atomic mass is 32.1. The summed E-state index contributed by atoms with van der Waals surface area (Å²) in [7, 11) is 0. The highest BCUT2D eigenvalue weighted by Gasteiger charge is 2.31. The molecule has 1 aliphatic rings. The Labute approximate surface area is 122 Å². The molecule has 2 rings (SSSR count). The van der Waals surface area contributed by atoms with Gasteiger partial charge in [0.05, 0.1) is 10.7 Å². The molecule has 1 heterocycles. The van der Waals surface area contributed by atoms with Crippen molar-refractivity contribution < 1.29 is 0 Å². The van der Waals surface area contributed by atoms with Crippen LogP contribution in [0.4, 0.5) is 0 Å². The Hall–Kier alpha value is -0.370. The van der Waals surface area contributed by atoms with Crippen molar-refractivity contribution >= 4 is 11.3 Å². The first-order chi connectivity index (χ1) is 8.68. The van der Waals surface area contributed by atoms with Gasteiger partial charge >= 0.3 is 0 Å². The van der Waals surface area contributed by atoms with Gasteiger partial charge in [0, 0.05) is 16.7 Å². The Morgan fingerprint density at radius 2 is 1.58 bits per heavy atom. The van der Waals surface area contributed by atoms with E-state index in [0.717, 1.165) is 11.8 Å². The maximum atomic E-state index is 4.91. The second kappa shape index (κ2) is 5.20. The van der Waals surface area contributed by atoms with Gasteiger partial charge in [0.2, 0.25) is 0 Å². The zero-order valence-corrected chi connectivity index (χ0v) is 14.2. The normalized spacial score (nSPS) is 25.6. The minimum Gasteiger partial charge on any atom is -0.245 e. The molecule has 0 aliphatic heterocycles. The molecule has 1 aromatic rings. The van der Waals surface area contributed by atoms with Crippen molar-refractivity contribution in [3.05, 3.63) is 16.1 Å². The Balaban J connectivity index is 2.00. The van der Waals surface area contributed by atoms with Crippen LogP contribution in [0.25, 0.3) is 0 Å². The Bertz CT molecular complexity index is 411. The van der Waals surface area contributed by atoms with E-state index in [4.69, 9.17) is 4.98 Å². The van der Waals surface area contributed by atoms with Gasteiger partial charge < -0.3 is 0 Å². The lowest BCUT2D eigenvalue weighted by Crippen LogP contribution is -2.25. The molecule has 0 spiro atoms. The molecule has 0 amide bonds. The third-order valence-corrected chi connectivity index (χ3v) is 5.60. The standard InChI is InChI=1S/C17H29NS/c1-16(2,3)13-9-7-12(8-10-13)15-18-14(11-19-15)17(4,5)6/h11-13H,7-10H2,1-6H3. The number of hydrogen-bond donors (Lipinski definition) is 0. The van der Waals surface area contributed by atoms with E-state index in [-0.39, 0.29) is 5.41 Å². The molecule has 0 saturated heterocycles. The smallest absolute Gasteiger partial charge is 0.0959 e. The molecule has 1 fully saturated rings. The number of aromatic nitrogens is 1. The van der Waals surface area contributed by atoms with Crippen LogP contribution in [0, 0.1) is 11.3 Å². The number of rotatable bonds is 1. The van der Waals surface area contributed by atoms with Crippen molar-refractivity contribution in [1.29, 1.82) is 0 Å². The van der Waals surface area contributed by atoms with Crippen LogP contribution < -0.4 is 0 Å². The lowest BCUT2D eigenvalue weighted by Gasteiger charge is -2.36. The zero-order valence-electron chi connectivity index (χ0n) is 13.4. The molecule has 1 aliphatic carbocycles. The second-order valence-corrected chi connectivity index (χ2v) is 9.13. The summed E-state index contributed by atoms with van der Waals surface area (Å²) >= 11 is 1.88.